The van der Waals surface area contributed by atoms with E-state index in [2.05, 4.69) is 4.98 Å². The molecule has 0 atom stereocenters. The van der Waals surface area contributed by atoms with E-state index in [1.54, 1.807) is 6.20 Å². The summed E-state index contributed by atoms with van der Waals surface area (Å²) >= 11 is 0. The molecule has 1 spiro atoms. The molecule has 6 heteroatoms. The Labute approximate surface area is 155 Å². The number of rotatable bonds is 6. The smallest absolute Gasteiger partial charge is 0.233 e. The van der Waals surface area contributed by atoms with Crippen LogP contribution in [-0.4, -0.2) is 47.5 Å². The van der Waals surface area contributed by atoms with Gasteiger partial charge in [0, 0.05) is 19.2 Å². The fourth-order valence-electron chi connectivity index (χ4n) is 4.00. The average molecular weight is 362 g/mol. The molecule has 1 N–H and O–H groups in total. The van der Waals surface area contributed by atoms with E-state index in [0.29, 0.717) is 51.3 Å². The molecule has 1 aromatic heterocycles. The van der Waals surface area contributed by atoms with Gasteiger partial charge in [0.15, 0.2) is 0 Å². The number of aliphatic hydroxyl groups is 1. The van der Waals surface area contributed by atoms with E-state index in [1.807, 2.05) is 37.8 Å². The molecule has 0 aromatic carbocycles. The Kier molecular flexibility index (Phi) is 5.53. The van der Waals surface area contributed by atoms with Gasteiger partial charge >= 0.3 is 0 Å². The Morgan fingerprint density at radius 1 is 1.23 bits per heavy atom. The summed E-state index contributed by atoms with van der Waals surface area (Å²) in [6.07, 6.45) is 5.28. The third-order valence-electron chi connectivity index (χ3n) is 5.61. The summed E-state index contributed by atoms with van der Waals surface area (Å²) in [6, 6.07) is 3.71. The molecule has 0 unspecified atom stereocenters. The van der Waals surface area contributed by atoms with Crippen LogP contribution in [0, 0.1) is 5.41 Å². The van der Waals surface area contributed by atoms with Crippen LogP contribution in [0.2, 0.25) is 0 Å². The zero-order valence-corrected chi connectivity index (χ0v) is 16.0. The van der Waals surface area contributed by atoms with Crippen LogP contribution in [0.5, 0.6) is 5.88 Å². The lowest BCUT2D eigenvalue weighted by atomic mass is 9.68. The van der Waals surface area contributed by atoms with Crippen LogP contribution in [0.4, 0.5) is 5.69 Å². The summed E-state index contributed by atoms with van der Waals surface area (Å²) in [5, 5.41) is 10.6. The van der Waals surface area contributed by atoms with Crippen molar-refractivity contribution in [3.63, 3.8) is 0 Å². The molecule has 1 aliphatic heterocycles. The molecular formula is C20H30N2O4. The second-order valence-electron chi connectivity index (χ2n) is 7.87. The number of aromatic nitrogens is 1. The number of anilines is 1. The Morgan fingerprint density at radius 2 is 1.96 bits per heavy atom. The fourth-order valence-corrected chi connectivity index (χ4v) is 4.00. The summed E-state index contributed by atoms with van der Waals surface area (Å²) in [6.45, 7) is 7.51. The van der Waals surface area contributed by atoms with Gasteiger partial charge in [-0.1, -0.05) is 0 Å². The van der Waals surface area contributed by atoms with Crippen LogP contribution in [0.3, 0.4) is 0 Å². The highest BCUT2D eigenvalue weighted by Crippen LogP contribution is 2.48. The molecule has 2 fully saturated rings. The van der Waals surface area contributed by atoms with Crippen molar-refractivity contribution >= 4 is 11.6 Å². The van der Waals surface area contributed by atoms with Gasteiger partial charge in [0.05, 0.1) is 35.6 Å². The number of hydrogen-bond acceptors (Lipinski definition) is 5. The van der Waals surface area contributed by atoms with Gasteiger partial charge in [-0.2, -0.15) is 0 Å². The highest BCUT2D eigenvalue weighted by Gasteiger charge is 2.51. The zero-order chi connectivity index (χ0) is 18.8. The van der Waals surface area contributed by atoms with Crippen LogP contribution in [-0.2, 0) is 9.53 Å². The van der Waals surface area contributed by atoms with Crippen molar-refractivity contribution in [1.82, 2.24) is 4.98 Å². The van der Waals surface area contributed by atoms with Gasteiger partial charge in [-0.15, -0.1) is 0 Å². The largest absolute Gasteiger partial charge is 0.475 e. The number of pyridine rings is 1. The van der Waals surface area contributed by atoms with Crippen LogP contribution < -0.4 is 9.64 Å². The molecule has 1 aliphatic carbocycles. The number of carbonyl (C=O) groups is 1. The molecule has 144 valence electrons. The Bertz CT molecular complexity index is 621. The number of carbonyl (C=O) groups excluding carboxylic acids is 1. The van der Waals surface area contributed by atoms with Crippen molar-refractivity contribution in [3.8, 4) is 5.88 Å². The normalized spacial score (nSPS) is 29.0. The van der Waals surface area contributed by atoms with Gasteiger partial charge in [0.2, 0.25) is 11.8 Å². The van der Waals surface area contributed by atoms with Crippen molar-refractivity contribution in [3.05, 3.63) is 18.3 Å². The quantitative estimate of drug-likeness (QED) is 0.842. The van der Waals surface area contributed by atoms with Crippen LogP contribution in [0.25, 0.3) is 0 Å². The predicted molar refractivity (Wildman–Crippen MR) is 99.3 cm³/mol. The van der Waals surface area contributed by atoms with Gasteiger partial charge < -0.3 is 19.5 Å². The SMILES string of the molecule is CCOCC1(O)CCC2(CCN(c3ccc(OC(C)C)nc3)C2=O)CC1. The van der Waals surface area contributed by atoms with Gasteiger partial charge in [0.25, 0.3) is 0 Å². The maximum Gasteiger partial charge on any atom is 0.233 e. The molecule has 2 heterocycles. The maximum absolute atomic E-state index is 13.1. The minimum Gasteiger partial charge on any atom is -0.475 e. The molecule has 1 saturated heterocycles. The van der Waals surface area contributed by atoms with E-state index in [9.17, 15) is 9.90 Å². The lowest BCUT2D eigenvalue weighted by molar-refractivity contribution is -0.133. The van der Waals surface area contributed by atoms with Crippen molar-refractivity contribution < 1.29 is 19.4 Å². The summed E-state index contributed by atoms with van der Waals surface area (Å²) in [5.41, 5.74) is -0.309. The summed E-state index contributed by atoms with van der Waals surface area (Å²) < 4.78 is 11.0. The van der Waals surface area contributed by atoms with Crippen molar-refractivity contribution in [1.29, 1.82) is 0 Å². The van der Waals surface area contributed by atoms with Crippen LogP contribution in [0.1, 0.15) is 52.9 Å². The van der Waals surface area contributed by atoms with Gasteiger partial charge in [-0.25, -0.2) is 4.98 Å². The van der Waals surface area contributed by atoms with Crippen molar-refractivity contribution in [2.75, 3.05) is 24.7 Å². The van der Waals surface area contributed by atoms with E-state index in [0.717, 1.165) is 12.1 Å². The summed E-state index contributed by atoms with van der Waals surface area (Å²) in [7, 11) is 0. The number of ether oxygens (including phenoxy) is 2. The molecule has 3 rings (SSSR count). The lowest BCUT2D eigenvalue weighted by Crippen LogP contribution is -2.45. The maximum atomic E-state index is 13.1. The summed E-state index contributed by atoms with van der Waals surface area (Å²) in [5.74, 6) is 0.735. The first-order valence-electron chi connectivity index (χ1n) is 9.62. The molecule has 2 aliphatic rings. The predicted octanol–water partition coefficient (Wildman–Crippen LogP) is 2.93. The van der Waals surface area contributed by atoms with E-state index < -0.39 is 5.60 Å². The minimum atomic E-state index is -0.785. The summed E-state index contributed by atoms with van der Waals surface area (Å²) in [4.78, 5) is 19.3. The van der Waals surface area contributed by atoms with E-state index in [-0.39, 0.29) is 17.4 Å². The number of hydrogen-bond donors (Lipinski definition) is 1. The third kappa shape index (κ3) is 3.86. The molecular weight excluding hydrogens is 332 g/mol. The molecule has 1 saturated carbocycles. The van der Waals surface area contributed by atoms with Gasteiger partial charge in [-0.05, 0) is 58.9 Å². The fraction of sp³-hybridized carbons (Fsp3) is 0.700. The highest BCUT2D eigenvalue weighted by atomic mass is 16.5. The number of nitrogens with zero attached hydrogens (tertiary/aromatic N) is 2. The van der Waals surface area contributed by atoms with E-state index >= 15 is 0 Å². The molecule has 1 amide bonds. The monoisotopic (exact) mass is 362 g/mol. The van der Waals surface area contributed by atoms with Gasteiger partial charge in [0.1, 0.15) is 0 Å². The van der Waals surface area contributed by atoms with Crippen molar-refractivity contribution in [2.45, 2.75) is 64.6 Å². The first kappa shape index (κ1) is 19.1. The second-order valence-corrected chi connectivity index (χ2v) is 7.87. The first-order chi connectivity index (χ1) is 12.4. The van der Waals surface area contributed by atoms with E-state index in [4.69, 9.17) is 9.47 Å². The molecule has 0 bridgehead atoms. The van der Waals surface area contributed by atoms with Crippen molar-refractivity contribution in [2.24, 2.45) is 5.41 Å². The Balaban J connectivity index is 1.65. The highest BCUT2D eigenvalue weighted by molar-refractivity contribution is 5.99. The first-order valence-corrected chi connectivity index (χ1v) is 9.62. The minimum absolute atomic E-state index is 0.0720. The standard InChI is InChI=1S/C20H30N2O4/c1-4-25-14-20(24)9-7-19(8-10-20)11-12-22(18(19)23)16-5-6-17(21-13-16)26-15(2)3/h5-6,13,15,24H,4,7-12,14H2,1-3H3. The zero-order valence-electron chi connectivity index (χ0n) is 16.0. The molecule has 1 aromatic rings. The van der Waals surface area contributed by atoms with Gasteiger partial charge in [-0.3, -0.25) is 4.79 Å². The topological polar surface area (TPSA) is 71.9 Å². The third-order valence-corrected chi connectivity index (χ3v) is 5.61. The van der Waals surface area contributed by atoms with Crippen LogP contribution in [0.15, 0.2) is 18.3 Å². The average Bonchev–Trinajstić information content (AvgIpc) is 2.93. The molecule has 0 radical (unpaired) electrons. The Morgan fingerprint density at radius 3 is 2.54 bits per heavy atom. The Hall–Kier alpha value is -1.66. The molecule has 26 heavy (non-hydrogen) atoms. The van der Waals surface area contributed by atoms with E-state index in [1.165, 1.54) is 0 Å². The second kappa shape index (κ2) is 7.53. The lowest BCUT2D eigenvalue weighted by Gasteiger charge is -2.40. The van der Waals surface area contributed by atoms with Crippen LogP contribution >= 0.6 is 0 Å². The molecule has 6 nitrogen and oxygen atoms in total. The number of amides is 1.